The third kappa shape index (κ3) is 3.51. The molecule has 0 saturated carbocycles. The predicted octanol–water partition coefficient (Wildman–Crippen LogP) is 2.29. The lowest BCUT2D eigenvalue weighted by Crippen LogP contribution is -2.43. The average Bonchev–Trinajstić information content (AvgIpc) is 2.77. The molecule has 24 heavy (non-hydrogen) atoms. The number of carbonyl (C=O) groups excluding carboxylic acids is 1. The Morgan fingerprint density at radius 3 is 2.58 bits per heavy atom. The summed E-state index contributed by atoms with van der Waals surface area (Å²) in [7, 11) is -3.90. The first kappa shape index (κ1) is 16.3. The normalized spacial score (nSPS) is 14.3. The lowest BCUT2D eigenvalue weighted by atomic mass is 10.2. The Kier molecular flexibility index (Phi) is 4.44. The molecule has 0 atom stereocenters. The molecule has 0 unspecified atom stereocenters. The predicted molar refractivity (Wildman–Crippen MR) is 89.2 cm³/mol. The maximum Gasteiger partial charge on any atom is 0.331 e. The number of sulfonamides is 1. The summed E-state index contributed by atoms with van der Waals surface area (Å²) in [5.41, 5.74) is 1.79. The van der Waals surface area contributed by atoms with Crippen molar-refractivity contribution in [2.24, 2.45) is 0 Å². The number of nitrogens with zero attached hydrogens (tertiary/aromatic N) is 1. The zero-order valence-electron chi connectivity index (χ0n) is 13.2. The van der Waals surface area contributed by atoms with Gasteiger partial charge in [0.15, 0.2) is 0 Å². The van der Waals surface area contributed by atoms with E-state index in [9.17, 15) is 13.2 Å². The molecule has 0 aromatic heterocycles. The molecule has 7 heteroatoms. The van der Waals surface area contributed by atoms with Crippen molar-refractivity contribution in [1.82, 2.24) is 9.62 Å². The number of ether oxygens (including phenoxy) is 1. The van der Waals surface area contributed by atoms with Crippen LogP contribution in [0.15, 0.2) is 53.4 Å². The zero-order chi connectivity index (χ0) is 17.2. The van der Waals surface area contributed by atoms with Gasteiger partial charge in [-0.25, -0.2) is 17.9 Å². The van der Waals surface area contributed by atoms with E-state index in [2.05, 4.69) is 4.72 Å². The van der Waals surface area contributed by atoms with Crippen LogP contribution < -0.4 is 9.46 Å². The molecule has 1 heterocycles. The summed E-state index contributed by atoms with van der Waals surface area (Å²) in [5, 5.41) is 0. The van der Waals surface area contributed by atoms with Crippen molar-refractivity contribution in [1.29, 1.82) is 0 Å². The van der Waals surface area contributed by atoms with Gasteiger partial charge in [-0.1, -0.05) is 35.9 Å². The van der Waals surface area contributed by atoms with Crippen LogP contribution in [-0.4, -0.2) is 32.5 Å². The second-order valence-corrected chi connectivity index (χ2v) is 7.28. The highest BCUT2D eigenvalue weighted by Crippen LogP contribution is 2.22. The molecular formula is C17H18N2O4S. The molecule has 2 aromatic rings. The van der Waals surface area contributed by atoms with Crippen LogP contribution in [0.2, 0.25) is 0 Å². The summed E-state index contributed by atoms with van der Waals surface area (Å²) in [5.74, 6) is 0.717. The van der Waals surface area contributed by atoms with Crippen molar-refractivity contribution in [3.8, 4) is 5.75 Å². The first-order chi connectivity index (χ1) is 11.5. The minimum absolute atomic E-state index is 0.0629. The van der Waals surface area contributed by atoms with Crippen molar-refractivity contribution < 1.29 is 17.9 Å². The second kappa shape index (κ2) is 6.52. The van der Waals surface area contributed by atoms with Gasteiger partial charge in [0, 0.05) is 5.56 Å². The first-order valence-electron chi connectivity index (χ1n) is 7.55. The van der Waals surface area contributed by atoms with Gasteiger partial charge in [0.05, 0.1) is 18.0 Å². The number of carbonyl (C=O) groups is 1. The van der Waals surface area contributed by atoms with Gasteiger partial charge < -0.3 is 9.64 Å². The molecule has 6 nitrogen and oxygen atoms in total. The van der Waals surface area contributed by atoms with Crippen molar-refractivity contribution in [2.75, 3.05) is 13.2 Å². The Hall–Kier alpha value is -2.54. The minimum atomic E-state index is -3.90. The molecule has 0 fully saturated rings. The third-order valence-electron chi connectivity index (χ3n) is 3.79. The van der Waals surface area contributed by atoms with Gasteiger partial charge in [-0.3, -0.25) is 0 Å². The van der Waals surface area contributed by atoms with E-state index in [1.165, 1.54) is 17.0 Å². The molecule has 3 rings (SSSR count). The summed E-state index contributed by atoms with van der Waals surface area (Å²) in [4.78, 5) is 13.9. The van der Waals surface area contributed by atoms with Gasteiger partial charge in [0.25, 0.3) is 10.0 Å². The molecule has 0 aliphatic carbocycles. The van der Waals surface area contributed by atoms with E-state index in [1.807, 2.05) is 31.2 Å². The topological polar surface area (TPSA) is 75.7 Å². The average molecular weight is 346 g/mol. The van der Waals surface area contributed by atoms with Gasteiger partial charge in [0.1, 0.15) is 12.4 Å². The molecule has 0 radical (unpaired) electrons. The molecule has 1 aliphatic rings. The van der Waals surface area contributed by atoms with E-state index in [0.29, 0.717) is 25.4 Å². The van der Waals surface area contributed by atoms with Crippen LogP contribution in [0.1, 0.15) is 11.1 Å². The molecule has 2 amide bonds. The van der Waals surface area contributed by atoms with Crippen molar-refractivity contribution in [3.05, 3.63) is 59.7 Å². The first-order valence-corrected chi connectivity index (χ1v) is 9.03. The monoisotopic (exact) mass is 346 g/mol. The second-order valence-electron chi connectivity index (χ2n) is 5.60. The highest BCUT2D eigenvalue weighted by atomic mass is 32.2. The van der Waals surface area contributed by atoms with Crippen LogP contribution in [0.5, 0.6) is 5.75 Å². The summed E-state index contributed by atoms with van der Waals surface area (Å²) in [6.07, 6.45) is 0. The lowest BCUT2D eigenvalue weighted by molar-refractivity contribution is 0.193. The third-order valence-corrected chi connectivity index (χ3v) is 5.13. The smallest absolute Gasteiger partial charge is 0.331 e. The SMILES string of the molecule is Cc1ccc(S(=O)(=O)NC(=O)N2CCOc3ccccc3C2)cc1. The lowest BCUT2D eigenvalue weighted by Gasteiger charge is -2.20. The number of hydrogen-bond acceptors (Lipinski definition) is 4. The van der Waals surface area contributed by atoms with Crippen LogP contribution in [0.4, 0.5) is 4.79 Å². The standard InChI is InChI=1S/C17H18N2O4S/c1-13-6-8-15(9-7-13)24(21,22)18-17(20)19-10-11-23-16-5-3-2-4-14(16)12-19/h2-9H,10-12H2,1H3,(H,18,20). The van der Waals surface area contributed by atoms with E-state index in [1.54, 1.807) is 12.1 Å². The summed E-state index contributed by atoms with van der Waals surface area (Å²) in [6.45, 7) is 2.79. The largest absolute Gasteiger partial charge is 0.491 e. The van der Waals surface area contributed by atoms with Crippen LogP contribution >= 0.6 is 0 Å². The summed E-state index contributed by atoms with van der Waals surface area (Å²) in [6, 6.07) is 13.1. The van der Waals surface area contributed by atoms with Gasteiger partial charge in [0.2, 0.25) is 0 Å². The number of aryl methyl sites for hydroxylation is 1. The van der Waals surface area contributed by atoms with Gasteiger partial charge >= 0.3 is 6.03 Å². The van der Waals surface area contributed by atoms with Crippen molar-refractivity contribution in [2.45, 2.75) is 18.4 Å². The number of para-hydroxylation sites is 1. The summed E-state index contributed by atoms with van der Waals surface area (Å²) < 4.78 is 32.4. The minimum Gasteiger partial charge on any atom is -0.491 e. The molecule has 0 spiro atoms. The fraction of sp³-hybridized carbons (Fsp3) is 0.235. The molecule has 1 N–H and O–H groups in total. The Bertz CT molecular complexity index is 847. The molecule has 2 aromatic carbocycles. The number of hydrogen-bond donors (Lipinski definition) is 1. The highest BCUT2D eigenvalue weighted by molar-refractivity contribution is 7.90. The quantitative estimate of drug-likeness (QED) is 0.905. The molecule has 1 aliphatic heterocycles. The number of fused-ring (bicyclic) bond motifs is 1. The van der Waals surface area contributed by atoms with Crippen LogP contribution in [-0.2, 0) is 16.6 Å². The molecule has 126 valence electrons. The maximum absolute atomic E-state index is 12.4. The van der Waals surface area contributed by atoms with E-state index >= 15 is 0 Å². The van der Waals surface area contributed by atoms with Crippen LogP contribution in [0.25, 0.3) is 0 Å². The maximum atomic E-state index is 12.4. The Balaban J connectivity index is 1.76. The van der Waals surface area contributed by atoms with Crippen LogP contribution in [0, 0.1) is 6.92 Å². The molecule has 0 saturated heterocycles. The Morgan fingerprint density at radius 2 is 1.83 bits per heavy atom. The fourth-order valence-corrected chi connectivity index (χ4v) is 3.43. The van der Waals surface area contributed by atoms with Gasteiger partial charge in [-0.15, -0.1) is 0 Å². The number of nitrogens with one attached hydrogen (secondary N) is 1. The zero-order valence-corrected chi connectivity index (χ0v) is 14.0. The summed E-state index contributed by atoms with van der Waals surface area (Å²) >= 11 is 0. The fourth-order valence-electron chi connectivity index (χ4n) is 2.45. The van der Waals surface area contributed by atoms with Crippen LogP contribution in [0.3, 0.4) is 0 Å². The van der Waals surface area contributed by atoms with E-state index in [0.717, 1.165) is 11.1 Å². The Labute approximate surface area is 141 Å². The van der Waals surface area contributed by atoms with Gasteiger partial charge in [-0.2, -0.15) is 0 Å². The molecular weight excluding hydrogens is 328 g/mol. The highest BCUT2D eigenvalue weighted by Gasteiger charge is 2.24. The van der Waals surface area contributed by atoms with Crippen molar-refractivity contribution >= 4 is 16.1 Å². The van der Waals surface area contributed by atoms with E-state index in [-0.39, 0.29) is 4.90 Å². The number of benzene rings is 2. The Morgan fingerprint density at radius 1 is 1.12 bits per heavy atom. The van der Waals surface area contributed by atoms with E-state index < -0.39 is 16.1 Å². The van der Waals surface area contributed by atoms with E-state index in [4.69, 9.17) is 4.74 Å². The number of urea groups is 1. The van der Waals surface area contributed by atoms with Gasteiger partial charge in [-0.05, 0) is 25.1 Å². The number of rotatable bonds is 2. The van der Waals surface area contributed by atoms with Crippen molar-refractivity contribution in [3.63, 3.8) is 0 Å². The number of amides is 2. The molecule has 0 bridgehead atoms.